The van der Waals surface area contributed by atoms with E-state index in [0.717, 1.165) is 17.1 Å². The lowest BCUT2D eigenvalue weighted by Crippen LogP contribution is -2.33. The monoisotopic (exact) mass is 279 g/mol. The highest BCUT2D eigenvalue weighted by Crippen LogP contribution is 2.24. The van der Waals surface area contributed by atoms with Crippen molar-refractivity contribution in [2.45, 2.75) is 18.3 Å². The van der Waals surface area contributed by atoms with Crippen molar-refractivity contribution < 1.29 is 0 Å². The fourth-order valence-electron chi connectivity index (χ4n) is 1.36. The van der Waals surface area contributed by atoms with Crippen molar-refractivity contribution in [1.29, 1.82) is 0 Å². The molecule has 0 N–H and O–H groups in total. The average molecular weight is 281 g/mol. The number of rotatable bonds is 5. The second-order valence-electron chi connectivity index (χ2n) is 3.97. The van der Waals surface area contributed by atoms with Gasteiger partial charge in [-0.2, -0.15) is 0 Å². The maximum atomic E-state index is 6.33. The molecule has 0 bridgehead atoms. The van der Waals surface area contributed by atoms with Crippen molar-refractivity contribution in [3.8, 4) is 0 Å². The quantitative estimate of drug-likeness (QED) is 0.732. The molecule has 0 fully saturated rings. The second-order valence-corrected chi connectivity index (χ2v) is 5.24. The van der Waals surface area contributed by atoms with E-state index in [0.29, 0.717) is 11.9 Å². The van der Waals surface area contributed by atoms with E-state index in [-0.39, 0.29) is 5.38 Å². The predicted octanol–water partition coefficient (Wildman–Crippen LogP) is 4.18. The van der Waals surface area contributed by atoms with Gasteiger partial charge in [-0.1, -0.05) is 23.7 Å². The maximum absolute atomic E-state index is 6.33. The van der Waals surface area contributed by atoms with Gasteiger partial charge in [0.15, 0.2) is 0 Å². The van der Waals surface area contributed by atoms with Gasteiger partial charge in [-0.05, 0) is 31.7 Å². The van der Waals surface area contributed by atoms with Gasteiger partial charge >= 0.3 is 0 Å². The van der Waals surface area contributed by atoms with Crippen molar-refractivity contribution in [2.75, 3.05) is 19.5 Å². The van der Waals surface area contributed by atoms with Gasteiger partial charge < -0.3 is 4.90 Å². The molecule has 0 aliphatic carbocycles. The van der Waals surface area contributed by atoms with Crippen molar-refractivity contribution in [3.05, 3.63) is 34.9 Å². The summed E-state index contributed by atoms with van der Waals surface area (Å²) in [6.45, 7) is 2.84. The zero-order valence-electron chi connectivity index (χ0n) is 9.46. The van der Waals surface area contributed by atoms with Crippen molar-refractivity contribution in [2.24, 2.45) is 0 Å². The summed E-state index contributed by atoms with van der Waals surface area (Å²) in [5, 5.41) is 0.658. The van der Waals surface area contributed by atoms with Crippen LogP contribution in [-0.4, -0.2) is 30.4 Å². The largest absolute Gasteiger partial charge is 0.301 e. The molecule has 1 nitrogen and oxygen atoms in total. The highest BCUT2D eigenvalue weighted by Gasteiger charge is 2.14. The first-order chi connectivity index (χ1) is 7.54. The topological polar surface area (TPSA) is 3.24 Å². The van der Waals surface area contributed by atoms with Gasteiger partial charge in [0.05, 0.1) is 5.38 Å². The molecule has 0 aliphatic heterocycles. The molecule has 2 atom stereocenters. The minimum atomic E-state index is -0.0608. The van der Waals surface area contributed by atoms with Crippen LogP contribution in [0, 0.1) is 0 Å². The summed E-state index contributed by atoms with van der Waals surface area (Å²) in [5.41, 5.74) is 1.04. The summed E-state index contributed by atoms with van der Waals surface area (Å²) in [4.78, 5) is 2.14. The van der Waals surface area contributed by atoms with Crippen LogP contribution in [0.25, 0.3) is 0 Å². The van der Waals surface area contributed by atoms with Crippen LogP contribution in [-0.2, 0) is 0 Å². The number of alkyl halides is 2. The molecule has 16 heavy (non-hydrogen) atoms. The Kier molecular flexibility index (Phi) is 5.91. The standard InChI is InChI=1S/C12H16Cl3N/c1-9(7-13)16(2)8-12(15)10-4-3-5-11(14)6-10/h3-6,9,12H,7-8H2,1-2H3. The van der Waals surface area contributed by atoms with Gasteiger partial charge in [-0.3, -0.25) is 0 Å². The molecular formula is C12H16Cl3N. The van der Waals surface area contributed by atoms with E-state index < -0.39 is 0 Å². The third-order valence-corrected chi connectivity index (χ3v) is 3.71. The van der Waals surface area contributed by atoms with Crippen LogP contribution < -0.4 is 0 Å². The second kappa shape index (κ2) is 6.70. The van der Waals surface area contributed by atoms with Crippen molar-refractivity contribution in [3.63, 3.8) is 0 Å². The fourth-order valence-corrected chi connectivity index (χ4v) is 2.15. The number of hydrogen-bond acceptors (Lipinski definition) is 1. The lowest BCUT2D eigenvalue weighted by Gasteiger charge is -2.25. The number of nitrogens with zero attached hydrogens (tertiary/aromatic N) is 1. The van der Waals surface area contributed by atoms with Crippen LogP contribution in [0.2, 0.25) is 5.02 Å². The molecule has 0 aliphatic rings. The minimum Gasteiger partial charge on any atom is -0.301 e. The normalized spacial score (nSPS) is 15.1. The van der Waals surface area contributed by atoms with Crippen LogP contribution in [0.15, 0.2) is 24.3 Å². The molecule has 0 heterocycles. The van der Waals surface area contributed by atoms with Gasteiger partial charge in [-0.25, -0.2) is 0 Å². The van der Waals surface area contributed by atoms with Gasteiger partial charge in [-0.15, -0.1) is 23.2 Å². The molecule has 1 aromatic rings. The number of hydrogen-bond donors (Lipinski definition) is 0. The Morgan fingerprint density at radius 3 is 2.62 bits per heavy atom. The average Bonchev–Trinajstić information content (AvgIpc) is 2.27. The Hall–Kier alpha value is 0.0500. The Morgan fingerprint density at radius 2 is 2.06 bits per heavy atom. The van der Waals surface area contributed by atoms with Crippen LogP contribution in [0.3, 0.4) is 0 Å². The minimum absolute atomic E-state index is 0.0608. The summed E-state index contributed by atoms with van der Waals surface area (Å²) < 4.78 is 0. The van der Waals surface area contributed by atoms with Crippen LogP contribution in [0.5, 0.6) is 0 Å². The smallest absolute Gasteiger partial charge is 0.0712 e. The van der Waals surface area contributed by atoms with E-state index in [4.69, 9.17) is 34.8 Å². The Balaban J connectivity index is 2.61. The summed E-state index contributed by atoms with van der Waals surface area (Å²) in [6, 6.07) is 7.97. The van der Waals surface area contributed by atoms with Crippen LogP contribution in [0.4, 0.5) is 0 Å². The first-order valence-corrected chi connectivity index (χ1v) is 6.55. The number of halogens is 3. The molecule has 4 heteroatoms. The van der Waals surface area contributed by atoms with E-state index in [9.17, 15) is 0 Å². The van der Waals surface area contributed by atoms with E-state index in [2.05, 4.69) is 11.8 Å². The zero-order valence-corrected chi connectivity index (χ0v) is 11.7. The molecule has 0 saturated carbocycles. The van der Waals surface area contributed by atoms with Crippen molar-refractivity contribution in [1.82, 2.24) is 4.90 Å². The van der Waals surface area contributed by atoms with E-state index in [1.165, 1.54) is 0 Å². The molecule has 0 saturated heterocycles. The van der Waals surface area contributed by atoms with Gasteiger partial charge in [0.25, 0.3) is 0 Å². The van der Waals surface area contributed by atoms with E-state index in [1.54, 1.807) is 0 Å². The molecular weight excluding hydrogens is 264 g/mol. The van der Waals surface area contributed by atoms with Gasteiger partial charge in [0.1, 0.15) is 0 Å². The van der Waals surface area contributed by atoms with Crippen LogP contribution in [0.1, 0.15) is 17.9 Å². The molecule has 1 aromatic carbocycles. The third-order valence-electron chi connectivity index (χ3n) is 2.63. The third kappa shape index (κ3) is 4.14. The van der Waals surface area contributed by atoms with E-state index in [1.807, 2.05) is 31.3 Å². The highest BCUT2D eigenvalue weighted by atomic mass is 35.5. The van der Waals surface area contributed by atoms with Crippen LogP contribution >= 0.6 is 34.8 Å². The molecule has 0 aromatic heterocycles. The zero-order chi connectivity index (χ0) is 12.1. The van der Waals surface area contributed by atoms with E-state index >= 15 is 0 Å². The summed E-state index contributed by atoms with van der Waals surface area (Å²) in [5.74, 6) is 0.607. The highest BCUT2D eigenvalue weighted by molar-refractivity contribution is 6.30. The molecule has 0 radical (unpaired) electrons. The van der Waals surface area contributed by atoms with Gasteiger partial charge in [0.2, 0.25) is 0 Å². The Morgan fingerprint density at radius 1 is 1.38 bits per heavy atom. The summed E-state index contributed by atoms with van der Waals surface area (Å²) in [6.07, 6.45) is 0. The molecule has 2 unspecified atom stereocenters. The number of benzene rings is 1. The van der Waals surface area contributed by atoms with Gasteiger partial charge in [0, 0.05) is 23.5 Å². The van der Waals surface area contributed by atoms with Crippen molar-refractivity contribution >= 4 is 34.8 Å². The molecule has 0 spiro atoms. The first kappa shape index (κ1) is 14.1. The number of likely N-dealkylation sites (N-methyl/N-ethyl adjacent to an activating group) is 1. The first-order valence-electron chi connectivity index (χ1n) is 5.20. The summed E-state index contributed by atoms with van der Waals surface area (Å²) >= 11 is 18.0. The molecule has 1 rings (SSSR count). The maximum Gasteiger partial charge on any atom is 0.0712 e. The Labute approximate surface area is 112 Å². The molecule has 0 amide bonds. The molecule has 90 valence electrons. The predicted molar refractivity (Wildman–Crippen MR) is 72.9 cm³/mol. The Bertz CT molecular complexity index is 330. The lowest BCUT2D eigenvalue weighted by atomic mass is 10.1. The summed E-state index contributed by atoms with van der Waals surface area (Å²) in [7, 11) is 2.02. The lowest BCUT2D eigenvalue weighted by molar-refractivity contribution is 0.277. The SMILES string of the molecule is CC(CCl)N(C)CC(Cl)c1cccc(Cl)c1. The fraction of sp³-hybridized carbons (Fsp3) is 0.500.